The molecule has 0 bridgehead atoms. The maximum absolute atomic E-state index is 10.5. The third-order valence-electron chi connectivity index (χ3n) is 0.931. The van der Waals surface area contributed by atoms with Crippen molar-refractivity contribution in [3.8, 4) is 0 Å². The summed E-state index contributed by atoms with van der Waals surface area (Å²) in [6, 6.07) is 0. The van der Waals surface area contributed by atoms with Crippen LogP contribution >= 0.6 is 10.7 Å². The van der Waals surface area contributed by atoms with E-state index in [4.69, 9.17) is 0 Å². The lowest BCUT2D eigenvalue weighted by Gasteiger charge is -1.94. The Morgan fingerprint density at radius 3 is 3.11 bits per heavy atom. The van der Waals surface area contributed by atoms with Crippen LogP contribution in [0.5, 0.6) is 0 Å². The summed E-state index contributed by atoms with van der Waals surface area (Å²) in [4.78, 5) is 10.5. The zero-order chi connectivity index (χ0) is 6.69. The van der Waals surface area contributed by atoms with Crippen molar-refractivity contribution in [3.05, 3.63) is 11.5 Å². The Kier molecular flexibility index (Phi) is 2.05. The Morgan fingerprint density at radius 2 is 2.67 bits per heavy atom. The SMILES string of the molecule is CCC=S1C=CC(=O)N1. The van der Waals surface area contributed by atoms with E-state index in [2.05, 4.69) is 17.0 Å². The molecule has 1 atom stereocenters. The van der Waals surface area contributed by atoms with Gasteiger partial charge in [-0.1, -0.05) is 17.6 Å². The van der Waals surface area contributed by atoms with E-state index in [0.717, 1.165) is 6.42 Å². The molecule has 1 rings (SSSR count). The summed E-state index contributed by atoms with van der Waals surface area (Å²) in [5, 5.41) is 3.98. The first-order valence-corrected chi connectivity index (χ1v) is 4.22. The molecule has 0 radical (unpaired) electrons. The van der Waals surface area contributed by atoms with Crippen LogP contribution in [-0.2, 0) is 4.79 Å². The minimum absolute atomic E-state index is 0.0306. The normalized spacial score (nSPS) is 25.0. The zero-order valence-electron chi connectivity index (χ0n) is 5.26. The summed E-state index contributed by atoms with van der Waals surface area (Å²) in [6.45, 7) is 2.06. The van der Waals surface area contributed by atoms with Gasteiger partial charge in [0.25, 0.3) is 5.91 Å². The number of hydrogen-bond acceptors (Lipinski definition) is 1. The highest BCUT2D eigenvalue weighted by molar-refractivity contribution is 8.16. The predicted molar refractivity (Wildman–Crippen MR) is 41.2 cm³/mol. The molecule has 2 nitrogen and oxygen atoms in total. The van der Waals surface area contributed by atoms with Crippen LogP contribution in [0.15, 0.2) is 11.5 Å². The van der Waals surface area contributed by atoms with Crippen LogP contribution < -0.4 is 4.72 Å². The lowest BCUT2D eigenvalue weighted by Crippen LogP contribution is -2.07. The number of nitrogens with one attached hydrogen (secondary N) is 1. The molecule has 1 heterocycles. The summed E-state index contributed by atoms with van der Waals surface area (Å²) < 4.78 is 2.78. The minimum atomic E-state index is -0.0625. The van der Waals surface area contributed by atoms with Crippen molar-refractivity contribution in [2.75, 3.05) is 0 Å². The van der Waals surface area contributed by atoms with Gasteiger partial charge in [0.1, 0.15) is 0 Å². The van der Waals surface area contributed by atoms with Crippen LogP contribution in [0.2, 0.25) is 0 Å². The zero-order valence-corrected chi connectivity index (χ0v) is 6.07. The Labute approximate surface area is 57.0 Å². The average Bonchev–Trinajstić information content (AvgIpc) is 2.17. The van der Waals surface area contributed by atoms with Crippen LogP contribution in [0.25, 0.3) is 0 Å². The number of carbonyl (C=O) groups excluding carboxylic acids is 1. The van der Waals surface area contributed by atoms with E-state index in [0.29, 0.717) is 0 Å². The first-order valence-electron chi connectivity index (χ1n) is 2.87. The molecule has 0 saturated carbocycles. The standard InChI is InChI=1S/C6H9NOS/c1-2-4-9-5-3-6(8)7-9/h3-5H,2H2,1H3,(H,7,8). The average molecular weight is 143 g/mol. The van der Waals surface area contributed by atoms with Gasteiger partial charge in [-0.3, -0.25) is 9.52 Å². The van der Waals surface area contributed by atoms with E-state index in [9.17, 15) is 4.79 Å². The maximum Gasteiger partial charge on any atom is 0.254 e. The molecule has 0 aliphatic carbocycles. The van der Waals surface area contributed by atoms with Crippen LogP contribution in [0.4, 0.5) is 0 Å². The van der Waals surface area contributed by atoms with Gasteiger partial charge in [-0.05, 0) is 17.2 Å². The topological polar surface area (TPSA) is 29.1 Å². The molecule has 1 amide bonds. The smallest absolute Gasteiger partial charge is 0.254 e. The Hall–Kier alpha value is -0.570. The summed E-state index contributed by atoms with van der Waals surface area (Å²) in [5.41, 5.74) is 0. The molecule has 1 N–H and O–H groups in total. The van der Waals surface area contributed by atoms with E-state index in [-0.39, 0.29) is 16.6 Å². The van der Waals surface area contributed by atoms with Crippen molar-refractivity contribution in [3.63, 3.8) is 0 Å². The molecule has 1 aliphatic rings. The molecule has 3 heteroatoms. The van der Waals surface area contributed by atoms with Crippen LogP contribution in [0, 0.1) is 0 Å². The van der Waals surface area contributed by atoms with Crippen molar-refractivity contribution in [2.24, 2.45) is 0 Å². The lowest BCUT2D eigenvalue weighted by molar-refractivity contribution is -0.114. The first kappa shape index (κ1) is 6.55. The fourth-order valence-corrected chi connectivity index (χ4v) is 1.79. The highest BCUT2D eigenvalue weighted by Gasteiger charge is 2.02. The van der Waals surface area contributed by atoms with Crippen molar-refractivity contribution in [2.45, 2.75) is 13.3 Å². The summed E-state index contributed by atoms with van der Waals surface area (Å²) in [7, 11) is -0.0625. The molecule has 0 aromatic rings. The second kappa shape index (κ2) is 2.82. The highest BCUT2D eigenvalue weighted by atomic mass is 32.2. The molecule has 1 unspecified atom stereocenters. The summed E-state index contributed by atoms with van der Waals surface area (Å²) in [6.07, 6.45) is 2.59. The molecular formula is C6H9NOS. The van der Waals surface area contributed by atoms with Gasteiger partial charge in [-0.15, -0.1) is 0 Å². The van der Waals surface area contributed by atoms with E-state index in [1.165, 1.54) is 0 Å². The van der Waals surface area contributed by atoms with Gasteiger partial charge in [0.15, 0.2) is 0 Å². The molecule has 0 spiro atoms. The fourth-order valence-electron chi connectivity index (χ4n) is 0.596. The van der Waals surface area contributed by atoms with Gasteiger partial charge in [-0.25, -0.2) is 0 Å². The second-order valence-corrected chi connectivity index (χ2v) is 3.27. The Bertz CT molecular complexity index is 183. The van der Waals surface area contributed by atoms with Crippen molar-refractivity contribution < 1.29 is 4.79 Å². The summed E-state index contributed by atoms with van der Waals surface area (Å²) >= 11 is 0. The quantitative estimate of drug-likeness (QED) is 0.546. The number of hydrogen-bond donors (Lipinski definition) is 1. The van der Waals surface area contributed by atoms with Gasteiger partial charge in [0.05, 0.1) is 0 Å². The molecule has 50 valence electrons. The lowest BCUT2D eigenvalue weighted by atomic mass is 10.6. The van der Waals surface area contributed by atoms with Crippen LogP contribution in [0.1, 0.15) is 13.3 Å². The Balaban J connectivity index is 2.60. The molecule has 0 aromatic carbocycles. The van der Waals surface area contributed by atoms with Crippen LogP contribution in [-0.4, -0.2) is 11.3 Å². The fraction of sp³-hybridized carbons (Fsp3) is 0.333. The third-order valence-corrected chi connectivity index (χ3v) is 2.49. The van der Waals surface area contributed by atoms with Gasteiger partial charge in [-0.2, -0.15) is 0 Å². The largest absolute Gasteiger partial charge is 0.299 e. The monoisotopic (exact) mass is 143 g/mol. The molecule has 9 heavy (non-hydrogen) atoms. The predicted octanol–water partition coefficient (Wildman–Crippen LogP) is 1.03. The molecule has 0 fully saturated rings. The van der Waals surface area contributed by atoms with E-state index in [1.54, 1.807) is 6.08 Å². The molecule has 1 aliphatic heterocycles. The number of amides is 1. The van der Waals surface area contributed by atoms with Gasteiger partial charge < -0.3 is 0 Å². The molecular weight excluding hydrogens is 134 g/mol. The van der Waals surface area contributed by atoms with E-state index in [1.807, 2.05) is 5.41 Å². The summed E-state index contributed by atoms with van der Waals surface area (Å²) in [5.74, 6) is 0.0306. The second-order valence-electron chi connectivity index (χ2n) is 1.72. The number of carbonyl (C=O) groups is 1. The van der Waals surface area contributed by atoms with Gasteiger partial charge >= 0.3 is 0 Å². The van der Waals surface area contributed by atoms with Crippen molar-refractivity contribution in [1.82, 2.24) is 4.72 Å². The molecule has 0 saturated heterocycles. The Morgan fingerprint density at radius 1 is 1.89 bits per heavy atom. The third kappa shape index (κ3) is 1.68. The molecule has 0 aromatic heterocycles. The van der Waals surface area contributed by atoms with Crippen molar-refractivity contribution >= 4 is 21.9 Å². The highest BCUT2D eigenvalue weighted by Crippen LogP contribution is 2.13. The van der Waals surface area contributed by atoms with Gasteiger partial charge in [0, 0.05) is 6.08 Å². The maximum atomic E-state index is 10.5. The van der Waals surface area contributed by atoms with Gasteiger partial charge in [0.2, 0.25) is 0 Å². The van der Waals surface area contributed by atoms with E-state index < -0.39 is 0 Å². The minimum Gasteiger partial charge on any atom is -0.299 e. The van der Waals surface area contributed by atoms with E-state index >= 15 is 0 Å². The number of rotatable bonds is 1. The van der Waals surface area contributed by atoms with Crippen LogP contribution in [0.3, 0.4) is 0 Å². The first-order chi connectivity index (χ1) is 4.33. The van der Waals surface area contributed by atoms with Crippen molar-refractivity contribution in [1.29, 1.82) is 0 Å².